The van der Waals surface area contributed by atoms with Gasteiger partial charge in [0.2, 0.25) is 0 Å². The molecule has 2 N–H and O–H groups in total. The number of hydrogen-bond acceptors (Lipinski definition) is 3. The SMILES string of the molecule is Cc1nc(C#CC(C)(C)O)ccc1-c1ccc2c(c1)C(=O)NC2. The molecule has 0 saturated heterocycles. The monoisotopic (exact) mass is 306 g/mol. The highest BCUT2D eigenvalue weighted by Crippen LogP contribution is 2.27. The van der Waals surface area contributed by atoms with Crippen LogP contribution in [0.15, 0.2) is 30.3 Å². The minimum absolute atomic E-state index is 0.0277. The maximum Gasteiger partial charge on any atom is 0.251 e. The van der Waals surface area contributed by atoms with Gasteiger partial charge in [-0.25, -0.2) is 4.98 Å². The molecule has 1 aromatic heterocycles. The Labute approximate surface area is 135 Å². The van der Waals surface area contributed by atoms with Crippen LogP contribution in [-0.4, -0.2) is 21.6 Å². The summed E-state index contributed by atoms with van der Waals surface area (Å²) < 4.78 is 0. The number of aromatic nitrogens is 1. The van der Waals surface area contributed by atoms with E-state index in [1.165, 1.54) is 0 Å². The first-order chi connectivity index (χ1) is 10.8. The maximum absolute atomic E-state index is 11.8. The van der Waals surface area contributed by atoms with Crippen molar-refractivity contribution in [3.8, 4) is 23.0 Å². The molecule has 0 spiro atoms. The number of pyridine rings is 1. The lowest BCUT2D eigenvalue weighted by Gasteiger charge is -2.08. The first-order valence-corrected chi connectivity index (χ1v) is 7.48. The first kappa shape index (κ1) is 15.3. The number of fused-ring (bicyclic) bond motifs is 1. The second kappa shape index (κ2) is 5.53. The molecule has 0 bridgehead atoms. The van der Waals surface area contributed by atoms with Crippen molar-refractivity contribution in [1.82, 2.24) is 10.3 Å². The summed E-state index contributed by atoms with van der Waals surface area (Å²) in [6.45, 7) is 5.78. The molecule has 4 nitrogen and oxygen atoms in total. The quantitative estimate of drug-likeness (QED) is 0.795. The number of nitrogens with one attached hydrogen (secondary N) is 1. The molecule has 2 heterocycles. The fourth-order valence-electron chi connectivity index (χ4n) is 2.53. The minimum atomic E-state index is -1.04. The van der Waals surface area contributed by atoms with Crippen molar-refractivity contribution in [3.63, 3.8) is 0 Å². The van der Waals surface area contributed by atoms with Crippen LogP contribution in [0.25, 0.3) is 11.1 Å². The second-order valence-electron chi connectivity index (χ2n) is 6.19. The molecule has 0 atom stereocenters. The van der Waals surface area contributed by atoms with Crippen molar-refractivity contribution in [3.05, 3.63) is 52.8 Å². The Morgan fingerprint density at radius 3 is 2.70 bits per heavy atom. The Hall–Kier alpha value is -2.64. The van der Waals surface area contributed by atoms with Gasteiger partial charge in [0.1, 0.15) is 11.3 Å². The van der Waals surface area contributed by atoms with Crippen molar-refractivity contribution in [2.45, 2.75) is 32.9 Å². The molecule has 1 amide bonds. The van der Waals surface area contributed by atoms with Gasteiger partial charge in [0, 0.05) is 23.4 Å². The average molecular weight is 306 g/mol. The predicted octanol–water partition coefficient (Wildman–Crippen LogP) is 2.42. The van der Waals surface area contributed by atoms with Crippen molar-refractivity contribution < 1.29 is 9.90 Å². The molecule has 1 aliphatic rings. The van der Waals surface area contributed by atoms with E-state index in [1.54, 1.807) is 13.8 Å². The van der Waals surface area contributed by atoms with Gasteiger partial charge in [-0.3, -0.25) is 4.79 Å². The normalized spacial score (nSPS) is 13.1. The summed E-state index contributed by atoms with van der Waals surface area (Å²) in [4.78, 5) is 16.3. The molecule has 116 valence electrons. The Bertz CT molecular complexity index is 852. The van der Waals surface area contributed by atoms with E-state index in [4.69, 9.17) is 0 Å². The number of aliphatic hydroxyl groups is 1. The highest BCUT2D eigenvalue weighted by molar-refractivity contribution is 5.99. The zero-order valence-electron chi connectivity index (χ0n) is 13.4. The smallest absolute Gasteiger partial charge is 0.251 e. The van der Waals surface area contributed by atoms with E-state index in [-0.39, 0.29) is 5.91 Å². The lowest BCUT2D eigenvalue weighted by molar-refractivity contribution is 0.0965. The molecule has 4 heteroatoms. The molecule has 0 unspecified atom stereocenters. The Kier molecular flexibility index (Phi) is 3.67. The van der Waals surface area contributed by atoms with Gasteiger partial charge >= 0.3 is 0 Å². The van der Waals surface area contributed by atoms with Gasteiger partial charge in [-0.2, -0.15) is 0 Å². The molecule has 2 aromatic rings. The van der Waals surface area contributed by atoms with Crippen LogP contribution < -0.4 is 5.32 Å². The molecule has 1 aliphatic heterocycles. The lowest BCUT2D eigenvalue weighted by atomic mass is 9.99. The van der Waals surface area contributed by atoms with Crippen LogP contribution in [0.2, 0.25) is 0 Å². The standard InChI is InChI=1S/C19H18N2O2/c1-12-16(7-6-15(21-12)8-9-19(2,3)23)13-4-5-14-11-20-18(22)17(14)10-13/h4-7,10,23H,11H2,1-3H3,(H,20,22). The molecule has 23 heavy (non-hydrogen) atoms. The van der Waals surface area contributed by atoms with Crippen LogP contribution in [0, 0.1) is 18.8 Å². The van der Waals surface area contributed by atoms with Crippen LogP contribution >= 0.6 is 0 Å². The number of benzene rings is 1. The molecule has 0 aliphatic carbocycles. The molecule has 0 saturated carbocycles. The third-order valence-corrected chi connectivity index (χ3v) is 3.69. The zero-order valence-corrected chi connectivity index (χ0v) is 13.4. The van der Waals surface area contributed by atoms with Gasteiger partial charge in [0.25, 0.3) is 5.91 Å². The summed E-state index contributed by atoms with van der Waals surface area (Å²) in [5.41, 5.74) is 4.11. The Morgan fingerprint density at radius 1 is 1.22 bits per heavy atom. The predicted molar refractivity (Wildman–Crippen MR) is 88.8 cm³/mol. The highest BCUT2D eigenvalue weighted by Gasteiger charge is 2.19. The number of carbonyl (C=O) groups is 1. The van der Waals surface area contributed by atoms with E-state index in [0.717, 1.165) is 27.9 Å². The van der Waals surface area contributed by atoms with E-state index in [9.17, 15) is 9.90 Å². The van der Waals surface area contributed by atoms with Gasteiger partial charge < -0.3 is 10.4 Å². The number of carbonyl (C=O) groups excluding carboxylic acids is 1. The molecule has 3 rings (SSSR count). The van der Waals surface area contributed by atoms with Gasteiger partial charge in [-0.1, -0.05) is 18.1 Å². The number of rotatable bonds is 1. The van der Waals surface area contributed by atoms with Crippen LogP contribution in [0.3, 0.4) is 0 Å². The second-order valence-corrected chi connectivity index (χ2v) is 6.19. The average Bonchev–Trinajstić information content (AvgIpc) is 2.85. The van der Waals surface area contributed by atoms with Gasteiger partial charge in [0.05, 0.1) is 0 Å². The Morgan fingerprint density at radius 2 is 2.00 bits per heavy atom. The molecular weight excluding hydrogens is 288 g/mol. The summed E-state index contributed by atoms with van der Waals surface area (Å²) in [5.74, 6) is 5.60. The fourth-order valence-corrected chi connectivity index (χ4v) is 2.53. The minimum Gasteiger partial charge on any atom is -0.378 e. The van der Waals surface area contributed by atoms with E-state index >= 15 is 0 Å². The largest absolute Gasteiger partial charge is 0.378 e. The fraction of sp³-hybridized carbons (Fsp3) is 0.263. The van der Waals surface area contributed by atoms with E-state index in [0.29, 0.717) is 12.2 Å². The van der Waals surface area contributed by atoms with Gasteiger partial charge in [-0.15, -0.1) is 0 Å². The summed E-state index contributed by atoms with van der Waals surface area (Å²) in [6, 6.07) is 9.67. The maximum atomic E-state index is 11.8. The Balaban J connectivity index is 1.97. The third-order valence-electron chi connectivity index (χ3n) is 3.69. The van der Waals surface area contributed by atoms with Crippen LogP contribution in [0.1, 0.15) is 41.2 Å². The summed E-state index contributed by atoms with van der Waals surface area (Å²) in [6.07, 6.45) is 0. The van der Waals surface area contributed by atoms with E-state index in [2.05, 4.69) is 22.1 Å². The van der Waals surface area contributed by atoms with Crippen LogP contribution in [0.5, 0.6) is 0 Å². The molecule has 0 radical (unpaired) electrons. The van der Waals surface area contributed by atoms with E-state index < -0.39 is 5.60 Å². The van der Waals surface area contributed by atoms with Gasteiger partial charge in [-0.05, 0) is 56.0 Å². The van der Waals surface area contributed by atoms with Crippen molar-refractivity contribution in [1.29, 1.82) is 0 Å². The topological polar surface area (TPSA) is 62.2 Å². The van der Waals surface area contributed by atoms with Crippen molar-refractivity contribution >= 4 is 5.91 Å². The van der Waals surface area contributed by atoms with Crippen molar-refractivity contribution in [2.24, 2.45) is 0 Å². The van der Waals surface area contributed by atoms with E-state index in [1.807, 2.05) is 37.3 Å². The summed E-state index contributed by atoms with van der Waals surface area (Å²) in [7, 11) is 0. The van der Waals surface area contributed by atoms with Crippen molar-refractivity contribution in [2.75, 3.05) is 0 Å². The number of amides is 1. The third kappa shape index (κ3) is 3.25. The number of hydrogen-bond donors (Lipinski definition) is 2. The number of aryl methyl sites for hydroxylation is 1. The molecule has 0 fully saturated rings. The summed E-state index contributed by atoms with van der Waals surface area (Å²) in [5, 5.41) is 12.5. The molecule has 1 aromatic carbocycles. The molecular formula is C19H18N2O2. The van der Waals surface area contributed by atoms with Crippen LogP contribution in [0.4, 0.5) is 0 Å². The zero-order chi connectivity index (χ0) is 16.6. The first-order valence-electron chi connectivity index (χ1n) is 7.48. The van der Waals surface area contributed by atoms with Gasteiger partial charge in [0.15, 0.2) is 0 Å². The number of nitrogens with zero attached hydrogens (tertiary/aromatic N) is 1. The highest BCUT2D eigenvalue weighted by atomic mass is 16.3. The lowest BCUT2D eigenvalue weighted by Crippen LogP contribution is -2.14. The van der Waals surface area contributed by atoms with Crippen LogP contribution in [-0.2, 0) is 6.54 Å². The summed E-state index contributed by atoms with van der Waals surface area (Å²) >= 11 is 0.